The molecule has 2 aromatic rings. The number of hydrogen-bond donors (Lipinski definition) is 0. The van der Waals surface area contributed by atoms with E-state index in [2.05, 4.69) is 50.3 Å². The first-order valence-corrected chi connectivity index (χ1v) is 9.33. The van der Waals surface area contributed by atoms with E-state index >= 15 is 0 Å². The molecule has 0 spiro atoms. The Hall–Kier alpha value is -2.16. The quantitative estimate of drug-likeness (QED) is 0.360. The van der Waals surface area contributed by atoms with E-state index in [0.717, 1.165) is 26.1 Å². The number of allylic oxidation sites excluding steroid dienone is 2. The van der Waals surface area contributed by atoms with E-state index in [1.165, 1.54) is 22.3 Å². The SMILES string of the molecule is CC(=C\CCOCc1ccccc1)/C(C)=C/CCOCc1ccccc1. The molecule has 0 aliphatic carbocycles. The van der Waals surface area contributed by atoms with Crippen molar-refractivity contribution in [1.82, 2.24) is 0 Å². The van der Waals surface area contributed by atoms with Crippen LogP contribution in [0.5, 0.6) is 0 Å². The van der Waals surface area contributed by atoms with Gasteiger partial charge in [0.25, 0.3) is 0 Å². The Morgan fingerprint density at radius 1 is 0.654 bits per heavy atom. The summed E-state index contributed by atoms with van der Waals surface area (Å²) in [7, 11) is 0. The van der Waals surface area contributed by atoms with Crippen molar-refractivity contribution < 1.29 is 9.47 Å². The molecule has 0 bridgehead atoms. The van der Waals surface area contributed by atoms with Gasteiger partial charge in [-0.1, -0.05) is 84.0 Å². The summed E-state index contributed by atoms with van der Waals surface area (Å²) in [6, 6.07) is 20.6. The minimum atomic E-state index is 0.682. The van der Waals surface area contributed by atoms with Gasteiger partial charge in [-0.05, 0) is 37.8 Å². The minimum absolute atomic E-state index is 0.682. The van der Waals surface area contributed by atoms with Crippen LogP contribution in [0.25, 0.3) is 0 Å². The summed E-state index contributed by atoms with van der Waals surface area (Å²) >= 11 is 0. The summed E-state index contributed by atoms with van der Waals surface area (Å²) in [5, 5.41) is 0. The molecule has 0 amide bonds. The van der Waals surface area contributed by atoms with Crippen LogP contribution in [0, 0.1) is 0 Å². The molecule has 2 nitrogen and oxygen atoms in total. The van der Waals surface area contributed by atoms with Gasteiger partial charge in [-0.3, -0.25) is 0 Å². The summed E-state index contributed by atoms with van der Waals surface area (Å²) in [6.07, 6.45) is 6.38. The first-order valence-electron chi connectivity index (χ1n) is 9.33. The molecule has 0 N–H and O–H groups in total. The molecule has 0 fully saturated rings. The number of benzene rings is 2. The Labute approximate surface area is 158 Å². The third kappa shape index (κ3) is 8.28. The van der Waals surface area contributed by atoms with Crippen LogP contribution in [-0.4, -0.2) is 13.2 Å². The molecule has 0 saturated heterocycles. The van der Waals surface area contributed by atoms with Gasteiger partial charge in [-0.2, -0.15) is 0 Å². The molecule has 0 heterocycles. The average Bonchev–Trinajstić information content (AvgIpc) is 2.68. The van der Waals surface area contributed by atoms with Gasteiger partial charge in [-0.25, -0.2) is 0 Å². The molecule has 2 heteroatoms. The maximum Gasteiger partial charge on any atom is 0.0717 e. The highest BCUT2D eigenvalue weighted by Gasteiger charge is 1.95. The molecule has 26 heavy (non-hydrogen) atoms. The van der Waals surface area contributed by atoms with E-state index in [1.807, 2.05) is 36.4 Å². The van der Waals surface area contributed by atoms with Crippen LogP contribution >= 0.6 is 0 Å². The molecular formula is C24H30O2. The summed E-state index contributed by atoms with van der Waals surface area (Å²) in [4.78, 5) is 0. The highest BCUT2D eigenvalue weighted by molar-refractivity contribution is 5.26. The maximum absolute atomic E-state index is 5.72. The van der Waals surface area contributed by atoms with Crippen molar-refractivity contribution in [2.45, 2.75) is 39.9 Å². The second kappa shape index (κ2) is 12.2. The van der Waals surface area contributed by atoms with Crippen molar-refractivity contribution in [3.05, 3.63) is 95.1 Å². The molecule has 2 aromatic carbocycles. The molecule has 0 saturated carbocycles. The molecule has 138 valence electrons. The molecule has 0 aliphatic heterocycles. The highest BCUT2D eigenvalue weighted by atomic mass is 16.5. The zero-order chi connectivity index (χ0) is 18.5. The van der Waals surface area contributed by atoms with Crippen molar-refractivity contribution in [3.63, 3.8) is 0 Å². The predicted octanol–water partition coefficient (Wildman–Crippen LogP) is 6.09. The van der Waals surface area contributed by atoms with Crippen LogP contribution in [0.1, 0.15) is 37.8 Å². The van der Waals surface area contributed by atoms with E-state index in [0.29, 0.717) is 13.2 Å². The van der Waals surface area contributed by atoms with Crippen LogP contribution in [0.15, 0.2) is 84.0 Å². The van der Waals surface area contributed by atoms with Gasteiger partial charge in [0, 0.05) is 0 Å². The van der Waals surface area contributed by atoms with Crippen molar-refractivity contribution in [2.75, 3.05) is 13.2 Å². The van der Waals surface area contributed by atoms with Crippen molar-refractivity contribution in [1.29, 1.82) is 0 Å². The van der Waals surface area contributed by atoms with Gasteiger partial charge >= 0.3 is 0 Å². The third-order valence-corrected chi connectivity index (χ3v) is 4.27. The van der Waals surface area contributed by atoms with Crippen LogP contribution < -0.4 is 0 Å². The molecule has 2 rings (SSSR count). The molecule has 0 unspecified atom stereocenters. The lowest BCUT2D eigenvalue weighted by molar-refractivity contribution is 0.125. The molecule has 0 aliphatic rings. The van der Waals surface area contributed by atoms with Crippen molar-refractivity contribution in [3.8, 4) is 0 Å². The Balaban J connectivity index is 1.58. The van der Waals surface area contributed by atoms with E-state index in [-0.39, 0.29) is 0 Å². The third-order valence-electron chi connectivity index (χ3n) is 4.27. The number of ether oxygens (including phenoxy) is 2. The van der Waals surface area contributed by atoms with Crippen LogP contribution in [0.2, 0.25) is 0 Å². The Kier molecular flexibility index (Phi) is 9.48. The summed E-state index contributed by atoms with van der Waals surface area (Å²) in [5.41, 5.74) is 5.08. The summed E-state index contributed by atoms with van der Waals surface area (Å²) in [6.45, 7) is 7.18. The van der Waals surface area contributed by atoms with Gasteiger partial charge in [0.05, 0.1) is 26.4 Å². The Bertz CT molecular complexity index is 610. The van der Waals surface area contributed by atoms with Gasteiger partial charge in [-0.15, -0.1) is 0 Å². The molecule has 0 aromatic heterocycles. The van der Waals surface area contributed by atoms with Crippen LogP contribution in [0.4, 0.5) is 0 Å². The van der Waals surface area contributed by atoms with Gasteiger partial charge in [0.1, 0.15) is 0 Å². The molecular weight excluding hydrogens is 320 g/mol. The maximum atomic E-state index is 5.72. The lowest BCUT2D eigenvalue weighted by Gasteiger charge is -2.05. The Morgan fingerprint density at radius 2 is 1.04 bits per heavy atom. The van der Waals surface area contributed by atoms with Gasteiger partial charge in [0.2, 0.25) is 0 Å². The smallest absolute Gasteiger partial charge is 0.0717 e. The lowest BCUT2D eigenvalue weighted by atomic mass is 10.1. The van der Waals surface area contributed by atoms with E-state index in [9.17, 15) is 0 Å². The van der Waals surface area contributed by atoms with E-state index in [4.69, 9.17) is 9.47 Å². The zero-order valence-electron chi connectivity index (χ0n) is 16.0. The Morgan fingerprint density at radius 3 is 1.42 bits per heavy atom. The first kappa shape index (κ1) is 20.2. The molecule has 0 atom stereocenters. The summed E-state index contributed by atoms with van der Waals surface area (Å²) < 4.78 is 11.4. The number of rotatable bonds is 11. The van der Waals surface area contributed by atoms with Crippen molar-refractivity contribution >= 4 is 0 Å². The standard InChI is InChI=1S/C24H30O2/c1-21(11-9-17-25-19-23-13-5-3-6-14-23)22(2)12-10-18-26-20-24-15-7-4-8-16-24/h3-8,11-16H,9-10,17-20H2,1-2H3/b21-11+,22-12+. The fraction of sp³-hybridized carbons (Fsp3) is 0.333. The monoisotopic (exact) mass is 350 g/mol. The first-order chi connectivity index (χ1) is 12.8. The second-order valence-corrected chi connectivity index (χ2v) is 6.43. The average molecular weight is 351 g/mol. The second-order valence-electron chi connectivity index (χ2n) is 6.43. The highest BCUT2D eigenvalue weighted by Crippen LogP contribution is 2.11. The van der Waals surface area contributed by atoms with E-state index < -0.39 is 0 Å². The van der Waals surface area contributed by atoms with Crippen molar-refractivity contribution in [2.24, 2.45) is 0 Å². The summed E-state index contributed by atoms with van der Waals surface area (Å²) in [5.74, 6) is 0. The topological polar surface area (TPSA) is 18.5 Å². The minimum Gasteiger partial charge on any atom is -0.376 e. The fourth-order valence-corrected chi connectivity index (χ4v) is 2.57. The lowest BCUT2D eigenvalue weighted by Crippen LogP contribution is -1.95. The molecule has 0 radical (unpaired) electrons. The van der Waals surface area contributed by atoms with Crippen LogP contribution in [0.3, 0.4) is 0 Å². The predicted molar refractivity (Wildman–Crippen MR) is 109 cm³/mol. The van der Waals surface area contributed by atoms with Gasteiger partial charge < -0.3 is 9.47 Å². The van der Waals surface area contributed by atoms with Gasteiger partial charge in [0.15, 0.2) is 0 Å². The van der Waals surface area contributed by atoms with E-state index in [1.54, 1.807) is 0 Å². The fourth-order valence-electron chi connectivity index (χ4n) is 2.57. The zero-order valence-corrected chi connectivity index (χ0v) is 16.0. The largest absolute Gasteiger partial charge is 0.376 e. The number of hydrogen-bond acceptors (Lipinski definition) is 2. The normalized spacial score (nSPS) is 12.4. The van der Waals surface area contributed by atoms with Crippen LogP contribution in [-0.2, 0) is 22.7 Å².